The molecular formula is C20H32N3O2P. The molecule has 2 fully saturated rings. The van der Waals surface area contributed by atoms with Crippen molar-refractivity contribution in [2.75, 3.05) is 7.11 Å². The highest BCUT2D eigenvalue weighted by atomic mass is 31.2. The molecule has 3 rings (SSSR count). The Kier molecular flexibility index (Phi) is 5.91. The molecule has 1 aliphatic carbocycles. The molecule has 2 aliphatic rings. The van der Waals surface area contributed by atoms with Gasteiger partial charge in [0.1, 0.15) is 5.75 Å². The van der Waals surface area contributed by atoms with Gasteiger partial charge in [-0.2, -0.15) is 0 Å². The summed E-state index contributed by atoms with van der Waals surface area (Å²) in [5.74, 6) is 0.813. The summed E-state index contributed by atoms with van der Waals surface area (Å²) in [6, 6.07) is 8.85. The van der Waals surface area contributed by atoms with Crippen molar-refractivity contribution in [1.82, 2.24) is 9.34 Å². The molecule has 0 N–H and O–H groups in total. The van der Waals surface area contributed by atoms with Gasteiger partial charge in [-0.25, -0.2) is 14.1 Å². The molecule has 0 spiro atoms. The van der Waals surface area contributed by atoms with Crippen molar-refractivity contribution in [2.45, 2.75) is 77.5 Å². The number of nitrogens with zero attached hydrogens (tertiary/aromatic N) is 3. The van der Waals surface area contributed by atoms with E-state index in [4.69, 9.17) is 9.50 Å². The van der Waals surface area contributed by atoms with Crippen LogP contribution >= 0.6 is 7.59 Å². The molecular weight excluding hydrogens is 345 g/mol. The number of hydrogen-bond donors (Lipinski definition) is 0. The number of ether oxygens (including phenoxy) is 1. The summed E-state index contributed by atoms with van der Waals surface area (Å²) in [5.41, 5.74) is 0.948. The van der Waals surface area contributed by atoms with Crippen molar-refractivity contribution in [1.29, 1.82) is 0 Å². The van der Waals surface area contributed by atoms with Crippen molar-refractivity contribution in [3.63, 3.8) is 0 Å². The zero-order valence-electron chi connectivity index (χ0n) is 16.6. The van der Waals surface area contributed by atoms with Crippen LogP contribution in [0, 0.1) is 0 Å². The number of benzene rings is 1. The highest BCUT2D eigenvalue weighted by molar-refractivity contribution is 7.58. The van der Waals surface area contributed by atoms with Gasteiger partial charge in [0.15, 0.2) is 0 Å². The second-order valence-corrected chi connectivity index (χ2v) is 10.1. The highest BCUT2D eigenvalue weighted by Gasteiger charge is 2.56. The van der Waals surface area contributed by atoms with Crippen LogP contribution in [0.25, 0.3) is 0 Å². The molecule has 26 heavy (non-hydrogen) atoms. The Morgan fingerprint density at radius 1 is 1.04 bits per heavy atom. The van der Waals surface area contributed by atoms with Crippen molar-refractivity contribution in [3.05, 3.63) is 29.8 Å². The van der Waals surface area contributed by atoms with Crippen molar-refractivity contribution >= 4 is 13.8 Å². The first-order chi connectivity index (χ1) is 12.4. The van der Waals surface area contributed by atoms with Crippen molar-refractivity contribution in [3.8, 4) is 5.75 Å². The lowest BCUT2D eigenvalue weighted by Gasteiger charge is -2.33. The van der Waals surface area contributed by atoms with E-state index >= 15 is 0 Å². The summed E-state index contributed by atoms with van der Waals surface area (Å²) in [6.45, 7) is 8.58. The number of hydrogen-bond acceptors (Lipinski definition) is 2. The van der Waals surface area contributed by atoms with Crippen LogP contribution in [-0.4, -0.2) is 46.8 Å². The third kappa shape index (κ3) is 3.49. The third-order valence-electron chi connectivity index (χ3n) is 5.51. The standard InChI is InChI=1S/C20H32N3O2P/c1-15(2)22-19-8-6-7-9-20(19)23(16(3)4)26(22,24)21-14-17-10-12-18(25-5)13-11-17/h10-16,19-20H,6-9H2,1-5H3/b21-14+/t19-,20-/m1/s1. The van der Waals surface area contributed by atoms with Gasteiger partial charge in [0, 0.05) is 30.4 Å². The van der Waals surface area contributed by atoms with E-state index in [-0.39, 0.29) is 12.1 Å². The molecule has 6 heteroatoms. The van der Waals surface area contributed by atoms with Gasteiger partial charge in [-0.1, -0.05) is 12.8 Å². The molecule has 144 valence electrons. The molecule has 1 heterocycles. The Labute approximate surface area is 158 Å². The van der Waals surface area contributed by atoms with E-state index in [1.165, 1.54) is 12.8 Å². The molecule has 0 bridgehead atoms. The van der Waals surface area contributed by atoms with Crippen molar-refractivity contribution < 1.29 is 9.30 Å². The molecule has 1 aromatic rings. The van der Waals surface area contributed by atoms with Gasteiger partial charge >= 0.3 is 7.59 Å². The van der Waals surface area contributed by atoms with Crippen LogP contribution in [0.4, 0.5) is 0 Å². The first-order valence-electron chi connectivity index (χ1n) is 9.76. The summed E-state index contributed by atoms with van der Waals surface area (Å²) >= 11 is 0. The fourth-order valence-electron chi connectivity index (χ4n) is 4.53. The Hall–Kier alpha value is -1.16. The van der Waals surface area contributed by atoms with Gasteiger partial charge in [-0.3, -0.25) is 4.57 Å². The average molecular weight is 377 g/mol. The minimum atomic E-state index is -2.99. The van der Waals surface area contributed by atoms with E-state index in [1.807, 2.05) is 24.3 Å². The SMILES string of the molecule is COc1ccc(/C=N/P2(=O)N(C(C)C)[C@@H]3CCCC[C@H]3N2C(C)C)cc1. The molecule has 0 radical (unpaired) electrons. The highest BCUT2D eigenvalue weighted by Crippen LogP contribution is 2.66. The monoisotopic (exact) mass is 377 g/mol. The molecule has 0 unspecified atom stereocenters. The maximum Gasteiger partial charge on any atom is 0.330 e. The van der Waals surface area contributed by atoms with E-state index in [1.54, 1.807) is 13.3 Å². The van der Waals surface area contributed by atoms with Crippen LogP contribution in [0.2, 0.25) is 0 Å². The molecule has 0 aromatic heterocycles. The summed E-state index contributed by atoms with van der Waals surface area (Å²) in [5, 5.41) is 0. The first-order valence-corrected chi connectivity index (χ1v) is 11.3. The zero-order chi connectivity index (χ0) is 18.9. The van der Waals surface area contributed by atoms with Crippen LogP contribution < -0.4 is 4.74 Å². The van der Waals surface area contributed by atoms with Gasteiger partial charge in [-0.05, 0) is 70.4 Å². The normalized spacial score (nSPS) is 26.7. The topological polar surface area (TPSA) is 45.1 Å². The molecule has 1 aromatic carbocycles. The van der Waals surface area contributed by atoms with Gasteiger partial charge in [0.25, 0.3) is 0 Å². The Balaban J connectivity index is 1.98. The maximum absolute atomic E-state index is 14.3. The second-order valence-electron chi connectivity index (χ2n) is 7.90. The molecule has 0 amide bonds. The van der Waals surface area contributed by atoms with E-state index < -0.39 is 7.59 Å². The molecule has 1 saturated carbocycles. The smallest absolute Gasteiger partial charge is 0.330 e. The molecule has 1 aliphatic heterocycles. The van der Waals surface area contributed by atoms with Crippen LogP contribution in [0.3, 0.4) is 0 Å². The number of rotatable bonds is 5. The van der Waals surface area contributed by atoms with E-state index in [2.05, 4.69) is 37.0 Å². The Morgan fingerprint density at radius 3 is 1.96 bits per heavy atom. The summed E-state index contributed by atoms with van der Waals surface area (Å²) < 4.78 is 28.7. The zero-order valence-corrected chi connectivity index (χ0v) is 17.5. The van der Waals surface area contributed by atoms with E-state index in [0.717, 1.165) is 24.2 Å². The van der Waals surface area contributed by atoms with Gasteiger partial charge < -0.3 is 4.74 Å². The molecule has 2 atom stereocenters. The largest absolute Gasteiger partial charge is 0.497 e. The van der Waals surface area contributed by atoms with Crippen LogP contribution in [0.5, 0.6) is 5.75 Å². The van der Waals surface area contributed by atoms with Crippen molar-refractivity contribution in [2.24, 2.45) is 4.76 Å². The quantitative estimate of drug-likeness (QED) is 0.537. The van der Waals surface area contributed by atoms with E-state index in [9.17, 15) is 4.57 Å². The van der Waals surface area contributed by atoms with Crippen LogP contribution in [0.15, 0.2) is 29.0 Å². The van der Waals surface area contributed by atoms with Gasteiger partial charge in [-0.15, -0.1) is 0 Å². The fourth-order valence-corrected chi connectivity index (χ4v) is 7.81. The van der Waals surface area contributed by atoms with Crippen LogP contribution in [0.1, 0.15) is 58.9 Å². The fraction of sp³-hybridized carbons (Fsp3) is 0.650. The number of methoxy groups -OCH3 is 1. The minimum Gasteiger partial charge on any atom is -0.497 e. The average Bonchev–Trinajstić information content (AvgIpc) is 2.89. The second kappa shape index (κ2) is 7.84. The Morgan fingerprint density at radius 2 is 1.54 bits per heavy atom. The Bertz CT molecular complexity index is 659. The lowest BCUT2D eigenvalue weighted by Crippen LogP contribution is -2.43. The van der Waals surface area contributed by atoms with E-state index in [0.29, 0.717) is 12.1 Å². The van der Waals surface area contributed by atoms with Gasteiger partial charge in [0.05, 0.1) is 7.11 Å². The molecule has 1 saturated heterocycles. The summed E-state index contributed by atoms with van der Waals surface area (Å²) in [4.78, 5) is 0. The maximum atomic E-state index is 14.3. The summed E-state index contributed by atoms with van der Waals surface area (Å²) in [7, 11) is -1.33. The van der Waals surface area contributed by atoms with Crippen LogP contribution in [-0.2, 0) is 4.57 Å². The minimum absolute atomic E-state index is 0.211. The first kappa shape index (κ1) is 19.6. The lowest BCUT2D eigenvalue weighted by atomic mass is 9.89. The lowest BCUT2D eigenvalue weighted by molar-refractivity contribution is 0.173. The molecule has 5 nitrogen and oxygen atoms in total. The number of fused-ring (bicyclic) bond motifs is 1. The summed E-state index contributed by atoms with van der Waals surface area (Å²) in [6.07, 6.45) is 6.46. The predicted molar refractivity (Wildman–Crippen MR) is 108 cm³/mol. The van der Waals surface area contributed by atoms with Gasteiger partial charge in [0.2, 0.25) is 0 Å². The third-order valence-corrected chi connectivity index (χ3v) is 8.64. The predicted octanol–water partition coefficient (Wildman–Crippen LogP) is 4.97.